The van der Waals surface area contributed by atoms with Crippen LogP contribution in [0.5, 0.6) is 11.6 Å². The largest absolute Gasteiger partial charge is 0.507 e. The molecule has 0 atom stereocenters. The maximum absolute atomic E-state index is 12.8. The predicted octanol–water partition coefficient (Wildman–Crippen LogP) is 4.10. The standard InChI is InChI=1S/C23H21N3O4/c1-3-29-23(28)22-17-12-20(27)16(15-7-6-9-24-13-15)11-18(17)26(2)19(22)14-30-21-8-4-5-10-25-21/h4-13,27H,3,14H2,1-2H3. The minimum atomic E-state index is -0.462. The van der Waals surface area contributed by atoms with E-state index in [4.69, 9.17) is 9.47 Å². The van der Waals surface area contributed by atoms with E-state index in [0.29, 0.717) is 28.1 Å². The molecule has 0 fully saturated rings. The number of aryl methyl sites for hydroxylation is 1. The number of ether oxygens (including phenoxy) is 2. The highest BCUT2D eigenvalue weighted by molar-refractivity contribution is 6.07. The summed E-state index contributed by atoms with van der Waals surface area (Å²) < 4.78 is 13.0. The highest BCUT2D eigenvalue weighted by atomic mass is 16.5. The summed E-state index contributed by atoms with van der Waals surface area (Å²) in [6.45, 7) is 2.12. The Bertz CT molecular complexity index is 1190. The molecule has 7 nitrogen and oxygen atoms in total. The number of rotatable bonds is 6. The Balaban J connectivity index is 1.85. The Morgan fingerprint density at radius 2 is 2.03 bits per heavy atom. The van der Waals surface area contributed by atoms with Crippen LogP contribution in [0.1, 0.15) is 23.0 Å². The van der Waals surface area contributed by atoms with Gasteiger partial charge in [-0.25, -0.2) is 9.78 Å². The molecule has 0 radical (unpaired) electrons. The fourth-order valence-corrected chi connectivity index (χ4v) is 3.45. The van der Waals surface area contributed by atoms with Gasteiger partial charge in [-0.3, -0.25) is 4.98 Å². The van der Waals surface area contributed by atoms with Gasteiger partial charge in [-0.1, -0.05) is 12.1 Å². The molecule has 3 aromatic heterocycles. The second kappa shape index (κ2) is 8.24. The summed E-state index contributed by atoms with van der Waals surface area (Å²) in [5.74, 6) is 0.0524. The average molecular weight is 403 g/mol. The maximum atomic E-state index is 12.8. The van der Waals surface area contributed by atoms with Crippen molar-refractivity contribution in [2.24, 2.45) is 7.05 Å². The highest BCUT2D eigenvalue weighted by Crippen LogP contribution is 2.37. The van der Waals surface area contributed by atoms with Crippen LogP contribution in [0.4, 0.5) is 0 Å². The van der Waals surface area contributed by atoms with Gasteiger partial charge < -0.3 is 19.1 Å². The SMILES string of the molecule is CCOC(=O)c1c(COc2ccccn2)n(C)c2cc(-c3cccnc3)c(O)cc12. The van der Waals surface area contributed by atoms with Crippen molar-refractivity contribution in [1.82, 2.24) is 14.5 Å². The van der Waals surface area contributed by atoms with E-state index in [-0.39, 0.29) is 19.0 Å². The number of phenols is 1. The van der Waals surface area contributed by atoms with E-state index in [1.54, 1.807) is 49.8 Å². The van der Waals surface area contributed by atoms with Gasteiger partial charge in [0.1, 0.15) is 12.4 Å². The summed E-state index contributed by atoms with van der Waals surface area (Å²) in [5.41, 5.74) is 3.19. The van der Waals surface area contributed by atoms with Crippen LogP contribution in [0.2, 0.25) is 0 Å². The van der Waals surface area contributed by atoms with E-state index in [1.807, 2.05) is 29.8 Å². The first kappa shape index (κ1) is 19.4. The molecule has 4 aromatic rings. The first-order valence-corrected chi connectivity index (χ1v) is 9.55. The van der Waals surface area contributed by atoms with Crippen molar-refractivity contribution in [3.05, 3.63) is 72.3 Å². The van der Waals surface area contributed by atoms with E-state index in [1.165, 1.54) is 0 Å². The number of pyridine rings is 2. The summed E-state index contributed by atoms with van der Waals surface area (Å²) in [6, 6.07) is 12.5. The van der Waals surface area contributed by atoms with Crippen molar-refractivity contribution in [3.63, 3.8) is 0 Å². The molecule has 0 spiro atoms. The predicted molar refractivity (Wildman–Crippen MR) is 112 cm³/mol. The average Bonchev–Trinajstić information content (AvgIpc) is 3.04. The zero-order valence-corrected chi connectivity index (χ0v) is 16.7. The number of carbonyl (C=O) groups is 1. The zero-order chi connectivity index (χ0) is 21.1. The minimum Gasteiger partial charge on any atom is -0.507 e. The first-order valence-electron chi connectivity index (χ1n) is 9.55. The Morgan fingerprint density at radius 1 is 1.17 bits per heavy atom. The third kappa shape index (κ3) is 3.57. The first-order chi connectivity index (χ1) is 14.6. The molecule has 1 aromatic carbocycles. The summed E-state index contributed by atoms with van der Waals surface area (Å²) in [4.78, 5) is 21.1. The smallest absolute Gasteiger partial charge is 0.340 e. The number of aromatic hydroxyl groups is 1. The number of fused-ring (bicyclic) bond motifs is 1. The maximum Gasteiger partial charge on any atom is 0.340 e. The van der Waals surface area contributed by atoms with Crippen LogP contribution in [-0.4, -0.2) is 32.2 Å². The lowest BCUT2D eigenvalue weighted by atomic mass is 10.0. The lowest BCUT2D eigenvalue weighted by Gasteiger charge is -2.09. The van der Waals surface area contributed by atoms with Crippen LogP contribution in [0.3, 0.4) is 0 Å². The molecule has 0 aliphatic heterocycles. The number of benzene rings is 1. The number of aromatic nitrogens is 3. The van der Waals surface area contributed by atoms with Crippen LogP contribution in [0.25, 0.3) is 22.0 Å². The third-order valence-corrected chi connectivity index (χ3v) is 4.88. The topological polar surface area (TPSA) is 86.5 Å². The van der Waals surface area contributed by atoms with Crippen molar-refractivity contribution in [3.8, 4) is 22.8 Å². The Hall–Kier alpha value is -3.87. The van der Waals surface area contributed by atoms with Crippen molar-refractivity contribution >= 4 is 16.9 Å². The van der Waals surface area contributed by atoms with Gasteiger partial charge in [0.25, 0.3) is 0 Å². The molecule has 0 saturated heterocycles. The number of hydrogen-bond donors (Lipinski definition) is 1. The van der Waals surface area contributed by atoms with Gasteiger partial charge in [0.05, 0.1) is 17.9 Å². The van der Waals surface area contributed by atoms with Gasteiger partial charge >= 0.3 is 5.97 Å². The Kier molecular flexibility index (Phi) is 5.34. The minimum absolute atomic E-state index is 0.0591. The van der Waals surface area contributed by atoms with E-state index in [2.05, 4.69) is 9.97 Å². The summed E-state index contributed by atoms with van der Waals surface area (Å²) in [5, 5.41) is 11.3. The second-order valence-electron chi connectivity index (χ2n) is 6.69. The fraction of sp³-hybridized carbons (Fsp3) is 0.174. The van der Waals surface area contributed by atoms with Crippen LogP contribution >= 0.6 is 0 Å². The molecule has 0 saturated carbocycles. The van der Waals surface area contributed by atoms with Crippen molar-refractivity contribution in [1.29, 1.82) is 0 Å². The monoisotopic (exact) mass is 403 g/mol. The normalized spacial score (nSPS) is 10.9. The number of nitrogens with zero attached hydrogens (tertiary/aromatic N) is 3. The van der Waals surface area contributed by atoms with Crippen LogP contribution in [-0.2, 0) is 18.4 Å². The fourth-order valence-electron chi connectivity index (χ4n) is 3.45. The summed E-state index contributed by atoms with van der Waals surface area (Å²) in [6.07, 6.45) is 5.00. The van der Waals surface area contributed by atoms with E-state index in [0.717, 1.165) is 11.1 Å². The van der Waals surface area contributed by atoms with Gasteiger partial charge in [0.15, 0.2) is 0 Å². The molecule has 1 N–H and O–H groups in total. The number of hydrogen-bond acceptors (Lipinski definition) is 6. The molecular formula is C23H21N3O4. The molecule has 0 unspecified atom stereocenters. The molecule has 0 bridgehead atoms. The van der Waals surface area contributed by atoms with Gasteiger partial charge in [-0.2, -0.15) is 0 Å². The van der Waals surface area contributed by atoms with Gasteiger partial charge in [-0.05, 0) is 31.2 Å². The van der Waals surface area contributed by atoms with Crippen LogP contribution < -0.4 is 4.74 Å². The highest BCUT2D eigenvalue weighted by Gasteiger charge is 2.24. The number of phenolic OH excluding ortho intramolecular Hbond substituents is 1. The summed E-state index contributed by atoms with van der Waals surface area (Å²) >= 11 is 0. The van der Waals surface area contributed by atoms with Crippen LogP contribution in [0, 0.1) is 0 Å². The molecule has 152 valence electrons. The van der Waals surface area contributed by atoms with Crippen molar-refractivity contribution in [2.45, 2.75) is 13.5 Å². The van der Waals surface area contributed by atoms with Gasteiger partial charge in [-0.15, -0.1) is 0 Å². The molecule has 4 rings (SSSR count). The van der Waals surface area contributed by atoms with Crippen molar-refractivity contribution in [2.75, 3.05) is 6.61 Å². The third-order valence-electron chi connectivity index (χ3n) is 4.88. The van der Waals surface area contributed by atoms with E-state index in [9.17, 15) is 9.90 Å². The molecule has 0 amide bonds. The Morgan fingerprint density at radius 3 is 2.73 bits per heavy atom. The number of carbonyl (C=O) groups excluding carboxylic acids is 1. The van der Waals surface area contributed by atoms with Gasteiger partial charge in [0, 0.05) is 53.7 Å². The molecule has 30 heavy (non-hydrogen) atoms. The van der Waals surface area contributed by atoms with E-state index < -0.39 is 5.97 Å². The van der Waals surface area contributed by atoms with E-state index >= 15 is 0 Å². The second-order valence-corrected chi connectivity index (χ2v) is 6.69. The lowest BCUT2D eigenvalue weighted by Crippen LogP contribution is -2.11. The number of esters is 1. The Labute approximate surface area is 173 Å². The van der Waals surface area contributed by atoms with Crippen molar-refractivity contribution < 1.29 is 19.4 Å². The molecule has 0 aliphatic carbocycles. The summed E-state index contributed by atoms with van der Waals surface area (Å²) in [7, 11) is 1.85. The molecule has 3 heterocycles. The van der Waals surface area contributed by atoms with Gasteiger partial charge in [0.2, 0.25) is 5.88 Å². The molecule has 7 heteroatoms. The lowest BCUT2D eigenvalue weighted by molar-refractivity contribution is 0.0525. The quantitative estimate of drug-likeness (QED) is 0.488. The van der Waals surface area contributed by atoms with Crippen LogP contribution in [0.15, 0.2) is 61.1 Å². The molecular weight excluding hydrogens is 382 g/mol. The zero-order valence-electron chi connectivity index (χ0n) is 16.7. The molecule has 0 aliphatic rings.